The molecule has 0 atom stereocenters. The van der Waals surface area contributed by atoms with Crippen molar-refractivity contribution in [2.75, 3.05) is 58.7 Å². The van der Waals surface area contributed by atoms with Crippen molar-refractivity contribution >= 4 is 22.7 Å². The Hall–Kier alpha value is -3.13. The molecule has 5 rings (SSSR count). The minimum atomic E-state index is 0.748. The Morgan fingerprint density at radius 2 is 2.00 bits per heavy atom. The molecule has 1 saturated heterocycles. The molecule has 0 spiro atoms. The fraction of sp³-hybridized carbons (Fsp3) is 0.370. The van der Waals surface area contributed by atoms with Gasteiger partial charge in [0.15, 0.2) is 0 Å². The summed E-state index contributed by atoms with van der Waals surface area (Å²) in [5.74, 6) is 0. The van der Waals surface area contributed by atoms with E-state index in [1.54, 1.807) is 0 Å². The van der Waals surface area contributed by atoms with Gasteiger partial charge in [-0.15, -0.1) is 0 Å². The van der Waals surface area contributed by atoms with Crippen LogP contribution < -0.4 is 16.4 Å². The number of anilines is 1. The van der Waals surface area contributed by atoms with Crippen LogP contribution in [-0.2, 0) is 6.54 Å². The molecule has 0 saturated carbocycles. The second-order valence-corrected chi connectivity index (χ2v) is 8.71. The Labute approximate surface area is 203 Å². The minimum absolute atomic E-state index is 0.748. The number of dihydropyridines is 1. The van der Waals surface area contributed by atoms with Crippen LogP contribution in [0.1, 0.15) is 28.9 Å². The molecule has 7 nitrogen and oxygen atoms in total. The zero-order valence-electron chi connectivity index (χ0n) is 20.4. The summed E-state index contributed by atoms with van der Waals surface area (Å²) in [6.07, 6.45) is 7.54. The lowest BCUT2D eigenvalue weighted by Crippen LogP contribution is -2.42. The van der Waals surface area contributed by atoms with Crippen molar-refractivity contribution in [2.24, 2.45) is 10.7 Å². The van der Waals surface area contributed by atoms with Crippen molar-refractivity contribution in [3.05, 3.63) is 77.8 Å². The summed E-state index contributed by atoms with van der Waals surface area (Å²) in [6, 6.07) is 10.9. The maximum atomic E-state index is 4.58. The third kappa shape index (κ3) is 5.50. The van der Waals surface area contributed by atoms with Gasteiger partial charge in [-0.1, -0.05) is 24.8 Å². The number of benzene rings is 1. The number of nitrogens with two attached hydrogens (primary N) is 1. The Balaban J connectivity index is 0.00000133. The van der Waals surface area contributed by atoms with Gasteiger partial charge in [-0.05, 0) is 43.3 Å². The van der Waals surface area contributed by atoms with Crippen LogP contribution in [0.15, 0.2) is 60.3 Å². The van der Waals surface area contributed by atoms with Crippen molar-refractivity contribution in [1.82, 2.24) is 20.1 Å². The normalized spacial score (nSPS) is 18.0. The van der Waals surface area contributed by atoms with E-state index in [1.165, 1.54) is 29.4 Å². The fourth-order valence-corrected chi connectivity index (χ4v) is 4.55. The van der Waals surface area contributed by atoms with Gasteiger partial charge in [-0.2, -0.15) is 0 Å². The Kier molecular flexibility index (Phi) is 8.00. The van der Waals surface area contributed by atoms with Crippen LogP contribution in [0.2, 0.25) is 0 Å². The molecule has 34 heavy (non-hydrogen) atoms. The standard InChI is InChI=1S/C26H32N6.CH5N/c1-19-24-15-23(17-32-12-10-27-11-13-32)30-26(24)25(18-31(19)2)20-6-5-8-21(14-20)29-16-22-7-3-4-9-28-22;1-2/h3,5-8,14-15,18,27,29-30H,1,4,9-13,16-17H2,2H3;2H2,1H3. The second kappa shape index (κ2) is 11.3. The van der Waals surface area contributed by atoms with Gasteiger partial charge in [0.25, 0.3) is 0 Å². The molecule has 3 aliphatic heterocycles. The summed E-state index contributed by atoms with van der Waals surface area (Å²) in [5.41, 5.74) is 13.7. The van der Waals surface area contributed by atoms with Crippen LogP contribution in [0.5, 0.6) is 0 Å². The molecule has 2 aromatic rings. The molecule has 5 N–H and O–H groups in total. The fourth-order valence-electron chi connectivity index (χ4n) is 4.55. The molecule has 1 fully saturated rings. The van der Waals surface area contributed by atoms with Crippen LogP contribution in [0, 0.1) is 0 Å². The summed E-state index contributed by atoms with van der Waals surface area (Å²) < 4.78 is 0. The van der Waals surface area contributed by atoms with Crippen molar-refractivity contribution < 1.29 is 0 Å². The number of aliphatic imine (C=N–C) groups is 1. The van der Waals surface area contributed by atoms with Crippen LogP contribution in [0.4, 0.5) is 5.69 Å². The number of nitrogens with one attached hydrogen (secondary N) is 3. The van der Waals surface area contributed by atoms with E-state index in [9.17, 15) is 0 Å². The number of H-pyrrole nitrogens is 1. The average molecular weight is 460 g/mol. The van der Waals surface area contributed by atoms with Crippen LogP contribution >= 0.6 is 0 Å². The smallest absolute Gasteiger partial charge is 0.0571 e. The van der Waals surface area contributed by atoms with E-state index < -0.39 is 0 Å². The molecule has 1 aromatic carbocycles. The molecule has 1 aromatic heterocycles. The van der Waals surface area contributed by atoms with E-state index in [0.717, 1.165) is 75.0 Å². The number of nitrogens with zero attached hydrogens (tertiary/aromatic N) is 3. The molecule has 7 heteroatoms. The summed E-state index contributed by atoms with van der Waals surface area (Å²) in [6.45, 7) is 11.2. The third-order valence-corrected chi connectivity index (χ3v) is 6.37. The zero-order chi connectivity index (χ0) is 23.9. The van der Waals surface area contributed by atoms with Gasteiger partial charge in [0.05, 0.1) is 18.0 Å². The molecule has 0 amide bonds. The third-order valence-electron chi connectivity index (χ3n) is 6.37. The zero-order valence-corrected chi connectivity index (χ0v) is 20.4. The highest BCUT2D eigenvalue weighted by Crippen LogP contribution is 2.37. The molecular formula is C27H37N7. The first-order valence-electron chi connectivity index (χ1n) is 12.1. The molecule has 0 aliphatic carbocycles. The Morgan fingerprint density at radius 1 is 1.18 bits per heavy atom. The number of aromatic nitrogens is 1. The van der Waals surface area contributed by atoms with Gasteiger partial charge in [0.2, 0.25) is 0 Å². The molecule has 0 radical (unpaired) electrons. The topological polar surface area (TPSA) is 84.7 Å². The first-order chi connectivity index (χ1) is 16.7. The average Bonchev–Trinajstić information content (AvgIpc) is 3.31. The maximum Gasteiger partial charge on any atom is 0.0571 e. The number of fused-ring (bicyclic) bond motifs is 1. The van der Waals surface area contributed by atoms with Crippen molar-refractivity contribution in [3.8, 4) is 0 Å². The first-order valence-corrected chi connectivity index (χ1v) is 12.1. The number of aromatic amines is 1. The molecule has 3 aliphatic rings. The maximum absolute atomic E-state index is 4.58. The highest BCUT2D eigenvalue weighted by atomic mass is 15.2. The highest BCUT2D eigenvalue weighted by Gasteiger charge is 2.24. The SMILES string of the molecule is C=C1c2cc(CN3CCNCC3)[nH]c2C(c2cccc(NCC3=NCCC=C3)c2)=CN1C.CN. The van der Waals surface area contributed by atoms with Crippen molar-refractivity contribution in [2.45, 2.75) is 13.0 Å². The predicted octanol–water partition coefficient (Wildman–Crippen LogP) is 3.11. The van der Waals surface area contributed by atoms with Gasteiger partial charge < -0.3 is 26.3 Å². The first kappa shape index (κ1) is 24.0. The van der Waals surface area contributed by atoms with E-state index in [2.05, 4.69) is 98.5 Å². The molecule has 4 heterocycles. The lowest BCUT2D eigenvalue weighted by atomic mass is 9.96. The van der Waals surface area contributed by atoms with Crippen LogP contribution in [0.3, 0.4) is 0 Å². The number of hydrogen-bond acceptors (Lipinski definition) is 6. The minimum Gasteiger partial charge on any atom is -0.379 e. The summed E-state index contributed by atoms with van der Waals surface area (Å²) in [5, 5.41) is 6.96. The number of rotatable bonds is 6. The monoisotopic (exact) mass is 459 g/mol. The van der Waals surface area contributed by atoms with Gasteiger partial charge >= 0.3 is 0 Å². The summed E-state index contributed by atoms with van der Waals surface area (Å²) in [7, 11) is 3.57. The quantitative estimate of drug-likeness (QED) is 0.534. The Bertz CT molecular complexity index is 1090. The lowest BCUT2D eigenvalue weighted by molar-refractivity contribution is 0.231. The van der Waals surface area contributed by atoms with Crippen LogP contribution in [-0.4, -0.2) is 73.9 Å². The summed E-state index contributed by atoms with van der Waals surface area (Å²) in [4.78, 5) is 12.9. The van der Waals surface area contributed by atoms with Gasteiger partial charge in [-0.25, -0.2) is 0 Å². The van der Waals surface area contributed by atoms with Crippen LogP contribution in [0.25, 0.3) is 11.3 Å². The summed E-state index contributed by atoms with van der Waals surface area (Å²) >= 11 is 0. The highest BCUT2D eigenvalue weighted by molar-refractivity contribution is 5.98. The van der Waals surface area contributed by atoms with Gasteiger partial charge in [0, 0.05) is 80.7 Å². The number of hydrogen-bond donors (Lipinski definition) is 4. The van der Waals surface area contributed by atoms with E-state index in [0.29, 0.717) is 0 Å². The molecular weight excluding hydrogens is 422 g/mol. The van der Waals surface area contributed by atoms with E-state index >= 15 is 0 Å². The van der Waals surface area contributed by atoms with Crippen molar-refractivity contribution in [3.63, 3.8) is 0 Å². The van der Waals surface area contributed by atoms with Gasteiger partial charge in [0.1, 0.15) is 0 Å². The second-order valence-electron chi connectivity index (χ2n) is 8.71. The predicted molar refractivity (Wildman–Crippen MR) is 144 cm³/mol. The lowest BCUT2D eigenvalue weighted by Gasteiger charge is -2.26. The van der Waals surface area contributed by atoms with E-state index in [1.807, 2.05) is 0 Å². The number of piperazine rings is 1. The molecule has 0 bridgehead atoms. The molecule has 180 valence electrons. The van der Waals surface area contributed by atoms with E-state index in [-0.39, 0.29) is 0 Å². The molecule has 0 unspecified atom stereocenters. The Morgan fingerprint density at radius 3 is 2.76 bits per heavy atom. The van der Waals surface area contributed by atoms with Gasteiger partial charge in [-0.3, -0.25) is 9.89 Å². The van der Waals surface area contributed by atoms with Crippen molar-refractivity contribution in [1.29, 1.82) is 0 Å². The van der Waals surface area contributed by atoms with E-state index in [4.69, 9.17) is 0 Å². The largest absolute Gasteiger partial charge is 0.379 e.